The van der Waals surface area contributed by atoms with Crippen LogP contribution in [0.5, 0.6) is 0 Å². The zero-order chi connectivity index (χ0) is 10.2. The van der Waals surface area contributed by atoms with Crippen molar-refractivity contribution < 1.29 is 0 Å². The van der Waals surface area contributed by atoms with Crippen molar-refractivity contribution in [3.8, 4) is 0 Å². The first-order valence-electron chi connectivity index (χ1n) is 5.89. The van der Waals surface area contributed by atoms with Crippen molar-refractivity contribution in [1.82, 2.24) is 0 Å². The standard InChI is InChI=1S/C12H26Si/c1-5-9-10-11-12-13(6-2,7-3)8-4/h10-11H,5-9,12H2,1-4H3/b11-10-. The van der Waals surface area contributed by atoms with Gasteiger partial charge in [-0.3, -0.25) is 0 Å². The van der Waals surface area contributed by atoms with Crippen molar-refractivity contribution in [2.75, 3.05) is 0 Å². The molecule has 0 radical (unpaired) electrons. The first-order valence-corrected chi connectivity index (χ1v) is 8.72. The lowest BCUT2D eigenvalue weighted by Gasteiger charge is -2.26. The van der Waals surface area contributed by atoms with Crippen LogP contribution in [0.3, 0.4) is 0 Å². The van der Waals surface area contributed by atoms with Crippen LogP contribution in [0.1, 0.15) is 40.5 Å². The van der Waals surface area contributed by atoms with Crippen LogP contribution in [0.4, 0.5) is 0 Å². The third-order valence-corrected chi connectivity index (χ3v) is 9.02. The third-order valence-electron chi connectivity index (χ3n) is 3.42. The summed E-state index contributed by atoms with van der Waals surface area (Å²) in [6.07, 6.45) is 7.38. The largest absolute Gasteiger partial charge is 0.0912 e. The second-order valence-electron chi connectivity index (χ2n) is 4.02. The molecule has 0 saturated carbocycles. The molecule has 1 heteroatoms. The number of hydrogen-bond donors (Lipinski definition) is 0. The number of allylic oxidation sites excluding steroid dienone is 2. The average molecular weight is 198 g/mol. The Hall–Kier alpha value is -0.0431. The van der Waals surface area contributed by atoms with Crippen LogP contribution >= 0.6 is 0 Å². The maximum absolute atomic E-state index is 2.45. The Morgan fingerprint density at radius 1 is 0.846 bits per heavy atom. The highest BCUT2D eigenvalue weighted by Gasteiger charge is 2.24. The number of hydrogen-bond acceptors (Lipinski definition) is 0. The van der Waals surface area contributed by atoms with E-state index in [9.17, 15) is 0 Å². The summed E-state index contributed by atoms with van der Waals surface area (Å²) in [6, 6.07) is 5.78. The second kappa shape index (κ2) is 7.37. The van der Waals surface area contributed by atoms with Gasteiger partial charge in [0.1, 0.15) is 0 Å². The molecule has 0 amide bonds. The molecule has 0 nitrogen and oxygen atoms in total. The van der Waals surface area contributed by atoms with E-state index in [1.54, 1.807) is 0 Å². The van der Waals surface area contributed by atoms with Crippen molar-refractivity contribution >= 4 is 8.07 Å². The van der Waals surface area contributed by atoms with E-state index in [0.717, 1.165) is 0 Å². The summed E-state index contributed by atoms with van der Waals surface area (Å²) >= 11 is 0. The molecule has 0 fully saturated rings. The predicted octanol–water partition coefficient (Wildman–Crippen LogP) is 4.85. The van der Waals surface area contributed by atoms with Crippen molar-refractivity contribution in [2.45, 2.75) is 64.7 Å². The van der Waals surface area contributed by atoms with Gasteiger partial charge in [0.25, 0.3) is 0 Å². The quantitative estimate of drug-likeness (QED) is 0.405. The molecule has 0 aliphatic rings. The van der Waals surface area contributed by atoms with E-state index in [-0.39, 0.29) is 0 Å². The van der Waals surface area contributed by atoms with Gasteiger partial charge >= 0.3 is 0 Å². The summed E-state index contributed by atoms with van der Waals surface area (Å²) in [5.74, 6) is 0. The van der Waals surface area contributed by atoms with E-state index in [4.69, 9.17) is 0 Å². The van der Waals surface area contributed by atoms with Crippen LogP contribution in [-0.2, 0) is 0 Å². The number of rotatable bonds is 7. The Bertz CT molecular complexity index is 126. The van der Waals surface area contributed by atoms with Crippen LogP contribution in [0, 0.1) is 0 Å². The van der Waals surface area contributed by atoms with Gasteiger partial charge in [-0.05, 0) is 12.5 Å². The first kappa shape index (κ1) is 13.0. The third kappa shape index (κ3) is 4.66. The lowest BCUT2D eigenvalue weighted by molar-refractivity contribution is 0.956. The average Bonchev–Trinajstić information content (AvgIpc) is 2.20. The molecule has 0 aromatic carbocycles. The van der Waals surface area contributed by atoms with E-state index in [0.29, 0.717) is 0 Å². The summed E-state index contributed by atoms with van der Waals surface area (Å²) in [4.78, 5) is 0. The van der Waals surface area contributed by atoms with Gasteiger partial charge in [0.2, 0.25) is 0 Å². The highest BCUT2D eigenvalue weighted by atomic mass is 28.3. The second-order valence-corrected chi connectivity index (χ2v) is 9.55. The van der Waals surface area contributed by atoms with Crippen molar-refractivity contribution in [3.63, 3.8) is 0 Å². The predicted molar refractivity (Wildman–Crippen MR) is 66.1 cm³/mol. The van der Waals surface area contributed by atoms with E-state index >= 15 is 0 Å². The van der Waals surface area contributed by atoms with Gasteiger partial charge in [0.15, 0.2) is 0 Å². The van der Waals surface area contributed by atoms with Gasteiger partial charge in [0, 0.05) is 0 Å². The van der Waals surface area contributed by atoms with E-state index in [1.165, 1.54) is 37.0 Å². The molecular formula is C12H26Si. The van der Waals surface area contributed by atoms with Crippen molar-refractivity contribution in [2.24, 2.45) is 0 Å². The fourth-order valence-corrected chi connectivity index (χ4v) is 4.83. The molecule has 0 aromatic heterocycles. The summed E-state index contributed by atoms with van der Waals surface area (Å²) in [6.45, 7) is 9.39. The van der Waals surface area contributed by atoms with Crippen molar-refractivity contribution in [1.29, 1.82) is 0 Å². The molecule has 0 aliphatic carbocycles. The van der Waals surface area contributed by atoms with Gasteiger partial charge < -0.3 is 0 Å². The molecule has 13 heavy (non-hydrogen) atoms. The normalized spacial score (nSPS) is 12.6. The first-order chi connectivity index (χ1) is 6.24. The van der Waals surface area contributed by atoms with Gasteiger partial charge in [-0.2, -0.15) is 0 Å². The lowest BCUT2D eigenvalue weighted by Crippen LogP contribution is -2.29. The molecule has 78 valence electrons. The van der Waals surface area contributed by atoms with Crippen LogP contribution < -0.4 is 0 Å². The minimum Gasteiger partial charge on any atom is -0.0912 e. The molecule has 0 atom stereocenters. The van der Waals surface area contributed by atoms with Crippen LogP contribution in [-0.4, -0.2) is 8.07 Å². The molecule has 0 aromatic rings. The highest BCUT2D eigenvalue weighted by Crippen LogP contribution is 2.25. The van der Waals surface area contributed by atoms with Crippen molar-refractivity contribution in [3.05, 3.63) is 12.2 Å². The summed E-state index contributed by atoms with van der Waals surface area (Å²) in [5, 5.41) is 0. The van der Waals surface area contributed by atoms with Gasteiger partial charge in [-0.15, -0.1) is 0 Å². The number of unbranched alkanes of at least 4 members (excludes halogenated alkanes) is 1. The SMILES string of the molecule is CCC/C=C\C[Si](CC)(CC)CC. The summed E-state index contributed by atoms with van der Waals surface area (Å²) < 4.78 is 0. The fraction of sp³-hybridized carbons (Fsp3) is 0.833. The molecule has 0 unspecified atom stereocenters. The van der Waals surface area contributed by atoms with Crippen LogP contribution in [0.25, 0.3) is 0 Å². The van der Waals surface area contributed by atoms with Crippen LogP contribution in [0.15, 0.2) is 12.2 Å². The monoisotopic (exact) mass is 198 g/mol. The smallest absolute Gasteiger partial charge is 0.0565 e. The Labute approximate surface area is 85.4 Å². The Morgan fingerprint density at radius 2 is 1.38 bits per heavy atom. The Balaban J connectivity index is 3.94. The summed E-state index contributed by atoms with van der Waals surface area (Å²) in [5.41, 5.74) is 0. The van der Waals surface area contributed by atoms with E-state index in [1.807, 2.05) is 0 Å². The molecule has 0 spiro atoms. The highest BCUT2D eigenvalue weighted by molar-refractivity contribution is 6.80. The van der Waals surface area contributed by atoms with Gasteiger partial charge in [-0.25, -0.2) is 0 Å². The lowest BCUT2D eigenvalue weighted by atomic mass is 10.3. The minimum atomic E-state index is -0.854. The topological polar surface area (TPSA) is 0 Å². The van der Waals surface area contributed by atoms with E-state index < -0.39 is 8.07 Å². The fourth-order valence-electron chi connectivity index (χ4n) is 1.80. The van der Waals surface area contributed by atoms with Gasteiger partial charge in [0.05, 0.1) is 8.07 Å². The van der Waals surface area contributed by atoms with E-state index in [2.05, 4.69) is 39.8 Å². The zero-order valence-electron chi connectivity index (χ0n) is 9.90. The molecule has 0 N–H and O–H groups in total. The minimum absolute atomic E-state index is 0.854. The molecule has 0 bridgehead atoms. The maximum atomic E-state index is 2.45. The Kier molecular flexibility index (Phi) is 7.34. The van der Waals surface area contributed by atoms with Gasteiger partial charge in [-0.1, -0.05) is 64.4 Å². The van der Waals surface area contributed by atoms with Crippen LogP contribution in [0.2, 0.25) is 24.2 Å². The molecular weight excluding hydrogens is 172 g/mol. The Morgan fingerprint density at radius 3 is 1.77 bits per heavy atom. The maximum Gasteiger partial charge on any atom is 0.0565 e. The summed E-state index contributed by atoms with van der Waals surface area (Å²) in [7, 11) is -0.854. The molecule has 0 heterocycles. The molecule has 0 aliphatic heterocycles. The molecule has 0 saturated heterocycles. The zero-order valence-corrected chi connectivity index (χ0v) is 10.9. The molecule has 0 rings (SSSR count).